The Bertz CT molecular complexity index is 337. The first-order chi connectivity index (χ1) is 7.77. The van der Waals surface area contributed by atoms with Crippen LogP contribution in [0.25, 0.3) is 0 Å². The van der Waals surface area contributed by atoms with Gasteiger partial charge in [-0.15, -0.1) is 11.3 Å². The minimum Gasteiger partial charge on any atom is -0.387 e. The van der Waals surface area contributed by atoms with Crippen molar-refractivity contribution in [2.24, 2.45) is 16.6 Å². The van der Waals surface area contributed by atoms with Crippen molar-refractivity contribution in [2.45, 2.75) is 45.1 Å². The number of amidine groups is 1. The van der Waals surface area contributed by atoms with Gasteiger partial charge >= 0.3 is 0 Å². The highest BCUT2D eigenvalue weighted by Gasteiger charge is 2.17. The number of hydrogen-bond donors (Lipinski definition) is 1. The molecule has 2 N–H and O–H groups in total. The molecular formula is C13H20N2S. The van der Waals surface area contributed by atoms with E-state index in [4.69, 9.17) is 5.73 Å². The van der Waals surface area contributed by atoms with Crippen LogP contribution in [-0.2, 0) is 0 Å². The van der Waals surface area contributed by atoms with Crippen LogP contribution in [0.4, 0.5) is 0 Å². The van der Waals surface area contributed by atoms with E-state index >= 15 is 0 Å². The molecule has 0 bridgehead atoms. The molecule has 1 fully saturated rings. The predicted octanol–water partition coefficient (Wildman–Crippen LogP) is 3.75. The first-order valence-electron chi connectivity index (χ1n) is 6.14. The van der Waals surface area contributed by atoms with Crippen LogP contribution in [0.5, 0.6) is 0 Å². The molecule has 0 aliphatic heterocycles. The number of nitrogens with two attached hydrogens (primary N) is 1. The van der Waals surface area contributed by atoms with Crippen molar-refractivity contribution in [1.29, 1.82) is 0 Å². The first-order valence-corrected chi connectivity index (χ1v) is 7.02. The molecule has 0 aromatic carbocycles. The Balaban J connectivity index is 1.99. The molecule has 1 saturated carbocycles. The Morgan fingerprint density at radius 2 is 2.19 bits per heavy atom. The zero-order valence-electron chi connectivity index (χ0n) is 9.86. The average Bonchev–Trinajstić information content (AvgIpc) is 2.83. The zero-order valence-corrected chi connectivity index (χ0v) is 10.7. The smallest absolute Gasteiger partial charge is 0.0976 e. The van der Waals surface area contributed by atoms with Gasteiger partial charge in [0.1, 0.15) is 0 Å². The van der Waals surface area contributed by atoms with Crippen molar-refractivity contribution in [3.8, 4) is 0 Å². The Labute approximate surface area is 102 Å². The molecule has 1 aliphatic carbocycles. The maximum atomic E-state index is 6.11. The number of rotatable bonds is 3. The third-order valence-corrected chi connectivity index (χ3v) is 4.36. The number of hydrogen-bond acceptors (Lipinski definition) is 2. The van der Waals surface area contributed by atoms with Gasteiger partial charge in [-0.3, -0.25) is 4.99 Å². The molecule has 0 radical (unpaired) electrons. The van der Waals surface area contributed by atoms with E-state index in [1.165, 1.54) is 37.0 Å². The van der Waals surface area contributed by atoms with Crippen molar-refractivity contribution < 1.29 is 0 Å². The van der Waals surface area contributed by atoms with Gasteiger partial charge < -0.3 is 5.73 Å². The number of nitrogens with zero attached hydrogens (tertiary/aromatic N) is 1. The van der Waals surface area contributed by atoms with Crippen molar-refractivity contribution >= 4 is 17.2 Å². The summed E-state index contributed by atoms with van der Waals surface area (Å²) < 4.78 is 0. The lowest BCUT2D eigenvalue weighted by molar-refractivity contribution is 0.435. The SMILES string of the molecule is CC(N=C(N)C1CCCCC1)c1cccs1. The molecule has 2 rings (SSSR count). The lowest BCUT2D eigenvalue weighted by Gasteiger charge is -2.21. The summed E-state index contributed by atoms with van der Waals surface area (Å²) >= 11 is 1.76. The summed E-state index contributed by atoms with van der Waals surface area (Å²) in [4.78, 5) is 5.95. The van der Waals surface area contributed by atoms with Crippen LogP contribution in [-0.4, -0.2) is 5.84 Å². The van der Waals surface area contributed by atoms with Crippen LogP contribution in [0.2, 0.25) is 0 Å². The maximum absolute atomic E-state index is 6.11. The van der Waals surface area contributed by atoms with Gasteiger partial charge in [0.2, 0.25) is 0 Å². The van der Waals surface area contributed by atoms with E-state index < -0.39 is 0 Å². The Kier molecular flexibility index (Phi) is 3.99. The van der Waals surface area contributed by atoms with E-state index in [1.54, 1.807) is 11.3 Å². The molecule has 3 heteroatoms. The summed E-state index contributed by atoms with van der Waals surface area (Å²) in [6.07, 6.45) is 6.45. The second-order valence-electron chi connectivity index (χ2n) is 4.58. The molecule has 1 atom stereocenters. The van der Waals surface area contributed by atoms with Crippen LogP contribution in [0.15, 0.2) is 22.5 Å². The molecule has 1 heterocycles. The zero-order chi connectivity index (χ0) is 11.4. The van der Waals surface area contributed by atoms with Gasteiger partial charge in [-0.1, -0.05) is 25.3 Å². The fourth-order valence-electron chi connectivity index (χ4n) is 2.32. The number of aliphatic imine (C=N–C) groups is 1. The molecule has 2 nitrogen and oxygen atoms in total. The van der Waals surface area contributed by atoms with E-state index in [1.807, 2.05) is 0 Å². The fourth-order valence-corrected chi connectivity index (χ4v) is 3.04. The summed E-state index contributed by atoms with van der Waals surface area (Å²) in [5, 5.41) is 2.10. The van der Waals surface area contributed by atoms with E-state index in [0.29, 0.717) is 5.92 Å². The summed E-state index contributed by atoms with van der Waals surface area (Å²) in [6, 6.07) is 4.43. The van der Waals surface area contributed by atoms with Crippen LogP contribution in [0.3, 0.4) is 0 Å². The van der Waals surface area contributed by atoms with Gasteiger partial charge in [0.15, 0.2) is 0 Å². The summed E-state index contributed by atoms with van der Waals surface area (Å²) in [7, 11) is 0. The van der Waals surface area contributed by atoms with Gasteiger partial charge in [-0.05, 0) is 31.2 Å². The van der Waals surface area contributed by atoms with Crippen LogP contribution >= 0.6 is 11.3 Å². The van der Waals surface area contributed by atoms with E-state index in [2.05, 4.69) is 29.4 Å². The molecule has 1 aromatic rings. The third-order valence-electron chi connectivity index (χ3n) is 3.32. The monoisotopic (exact) mass is 236 g/mol. The van der Waals surface area contributed by atoms with Crippen molar-refractivity contribution in [3.63, 3.8) is 0 Å². The Morgan fingerprint density at radius 3 is 2.81 bits per heavy atom. The minimum atomic E-state index is 0.224. The molecule has 1 aromatic heterocycles. The standard InChI is InChI=1S/C13H20N2S/c1-10(12-8-5-9-16-12)15-13(14)11-6-3-2-4-7-11/h5,8-11H,2-4,6-7H2,1H3,(H2,14,15). The largest absolute Gasteiger partial charge is 0.387 e. The predicted molar refractivity (Wildman–Crippen MR) is 70.9 cm³/mol. The van der Waals surface area contributed by atoms with E-state index in [-0.39, 0.29) is 6.04 Å². The van der Waals surface area contributed by atoms with Crippen molar-refractivity contribution in [1.82, 2.24) is 0 Å². The van der Waals surface area contributed by atoms with Gasteiger partial charge in [0.05, 0.1) is 11.9 Å². The minimum absolute atomic E-state index is 0.224. The van der Waals surface area contributed by atoms with Crippen LogP contribution in [0.1, 0.15) is 49.9 Å². The molecule has 0 spiro atoms. The fraction of sp³-hybridized carbons (Fsp3) is 0.615. The van der Waals surface area contributed by atoms with E-state index in [0.717, 1.165) is 5.84 Å². The van der Waals surface area contributed by atoms with Crippen molar-refractivity contribution in [3.05, 3.63) is 22.4 Å². The van der Waals surface area contributed by atoms with E-state index in [9.17, 15) is 0 Å². The lowest BCUT2D eigenvalue weighted by Crippen LogP contribution is -2.26. The Hall–Kier alpha value is -0.830. The van der Waals surface area contributed by atoms with Crippen molar-refractivity contribution in [2.75, 3.05) is 0 Å². The highest BCUT2D eigenvalue weighted by Crippen LogP contribution is 2.26. The van der Waals surface area contributed by atoms with Gasteiger partial charge in [-0.2, -0.15) is 0 Å². The summed E-state index contributed by atoms with van der Waals surface area (Å²) in [5.74, 6) is 1.41. The lowest BCUT2D eigenvalue weighted by atomic mass is 9.88. The normalized spacial score (nSPS) is 20.9. The average molecular weight is 236 g/mol. The molecule has 16 heavy (non-hydrogen) atoms. The quantitative estimate of drug-likeness (QED) is 0.630. The third kappa shape index (κ3) is 2.85. The van der Waals surface area contributed by atoms with Crippen LogP contribution < -0.4 is 5.73 Å². The van der Waals surface area contributed by atoms with Gasteiger partial charge in [0.25, 0.3) is 0 Å². The highest BCUT2D eigenvalue weighted by atomic mass is 32.1. The molecule has 88 valence electrons. The van der Waals surface area contributed by atoms with Gasteiger partial charge in [-0.25, -0.2) is 0 Å². The first kappa shape index (κ1) is 11.6. The topological polar surface area (TPSA) is 38.4 Å². The van der Waals surface area contributed by atoms with Gasteiger partial charge in [0, 0.05) is 10.8 Å². The number of thiophene rings is 1. The maximum Gasteiger partial charge on any atom is 0.0976 e. The summed E-state index contributed by atoms with van der Waals surface area (Å²) in [6.45, 7) is 2.13. The highest BCUT2D eigenvalue weighted by molar-refractivity contribution is 7.10. The van der Waals surface area contributed by atoms with Crippen LogP contribution in [0, 0.1) is 5.92 Å². The summed E-state index contributed by atoms with van der Waals surface area (Å²) in [5.41, 5.74) is 6.11. The molecule has 1 aliphatic rings. The second-order valence-corrected chi connectivity index (χ2v) is 5.56. The molecular weight excluding hydrogens is 216 g/mol. The molecule has 0 saturated heterocycles. The second kappa shape index (κ2) is 5.48. The Morgan fingerprint density at radius 1 is 1.44 bits per heavy atom. The molecule has 0 amide bonds. The molecule has 1 unspecified atom stereocenters.